The van der Waals surface area contributed by atoms with Gasteiger partial charge in [-0.1, -0.05) is 12.1 Å². The molecular weight excluding hydrogens is 286 g/mol. The van der Waals surface area contributed by atoms with Crippen molar-refractivity contribution in [2.45, 2.75) is 30.8 Å². The van der Waals surface area contributed by atoms with Gasteiger partial charge < -0.3 is 9.88 Å². The zero-order valence-electron chi connectivity index (χ0n) is 12.7. The van der Waals surface area contributed by atoms with Gasteiger partial charge in [-0.3, -0.25) is 0 Å². The summed E-state index contributed by atoms with van der Waals surface area (Å²) in [6.07, 6.45) is 4.91. The van der Waals surface area contributed by atoms with Crippen LogP contribution >= 0.6 is 0 Å². The number of hydrogen-bond donors (Lipinski definition) is 1. The van der Waals surface area contributed by atoms with E-state index in [0.717, 1.165) is 11.4 Å². The van der Waals surface area contributed by atoms with Crippen LogP contribution < -0.4 is 5.32 Å². The van der Waals surface area contributed by atoms with Crippen molar-refractivity contribution in [3.05, 3.63) is 48.0 Å². The van der Waals surface area contributed by atoms with Crippen LogP contribution in [0.1, 0.15) is 37.3 Å². The van der Waals surface area contributed by atoms with Crippen LogP contribution in [0.4, 0.5) is 0 Å². The number of nitrogens with one attached hydrogen (secondary N) is 1. The second kappa shape index (κ2) is 5.99. The molecule has 1 N–H and O–H groups in total. The Bertz CT molecular complexity index is 705. The zero-order valence-corrected chi connectivity index (χ0v) is 13.6. The minimum atomic E-state index is -3.14. The smallest absolute Gasteiger partial charge is 0.175 e. The van der Waals surface area contributed by atoms with Gasteiger partial charge in [0.25, 0.3) is 0 Å². The van der Waals surface area contributed by atoms with E-state index < -0.39 is 9.84 Å². The topological polar surface area (TPSA) is 64.0 Å². The van der Waals surface area contributed by atoms with Crippen molar-refractivity contribution in [3.63, 3.8) is 0 Å². The Hall–Kier alpha value is -1.66. The summed E-state index contributed by atoms with van der Waals surface area (Å²) < 4.78 is 24.9. The van der Waals surface area contributed by atoms with Gasteiger partial charge in [0.05, 0.1) is 10.9 Å². The van der Waals surface area contributed by atoms with Crippen molar-refractivity contribution in [2.75, 3.05) is 6.26 Å². The third-order valence-electron chi connectivity index (χ3n) is 3.55. The standard InChI is InChI=1S/C15H21N3O2S/c1-11(17-12(2)15-16-9-10-18(15)3)13-5-7-14(8-6-13)21(4,19)20/h5-12,17H,1-4H3. The molecule has 0 saturated heterocycles. The van der Waals surface area contributed by atoms with Crippen molar-refractivity contribution < 1.29 is 8.42 Å². The molecule has 0 amide bonds. The Kier molecular flexibility index (Phi) is 4.49. The summed E-state index contributed by atoms with van der Waals surface area (Å²) >= 11 is 0. The monoisotopic (exact) mass is 307 g/mol. The average molecular weight is 307 g/mol. The van der Waals surface area contributed by atoms with Crippen LogP contribution in [0.5, 0.6) is 0 Å². The Morgan fingerprint density at radius 1 is 1.14 bits per heavy atom. The number of nitrogens with zero attached hydrogens (tertiary/aromatic N) is 2. The van der Waals surface area contributed by atoms with E-state index in [1.165, 1.54) is 6.26 Å². The van der Waals surface area contributed by atoms with Crippen LogP contribution in [0.25, 0.3) is 0 Å². The highest BCUT2D eigenvalue weighted by atomic mass is 32.2. The first-order chi connectivity index (χ1) is 9.79. The fourth-order valence-corrected chi connectivity index (χ4v) is 2.97. The van der Waals surface area contributed by atoms with E-state index in [-0.39, 0.29) is 12.1 Å². The second-order valence-electron chi connectivity index (χ2n) is 5.35. The quantitative estimate of drug-likeness (QED) is 0.920. The lowest BCUT2D eigenvalue weighted by Gasteiger charge is -2.20. The number of aryl methyl sites for hydroxylation is 1. The SMILES string of the molecule is CC(NC(C)c1nccn1C)c1ccc(S(C)(=O)=O)cc1. The van der Waals surface area contributed by atoms with Crippen LogP contribution in [-0.2, 0) is 16.9 Å². The average Bonchev–Trinajstić information content (AvgIpc) is 2.84. The summed E-state index contributed by atoms with van der Waals surface area (Å²) in [4.78, 5) is 4.67. The van der Waals surface area contributed by atoms with Crippen LogP contribution in [0, 0.1) is 0 Å². The van der Waals surface area contributed by atoms with Gasteiger partial charge in [-0.2, -0.15) is 0 Å². The maximum absolute atomic E-state index is 11.5. The fourth-order valence-electron chi connectivity index (χ4n) is 2.34. The van der Waals surface area contributed by atoms with E-state index in [1.807, 2.05) is 29.9 Å². The molecule has 21 heavy (non-hydrogen) atoms. The van der Waals surface area contributed by atoms with Gasteiger partial charge in [-0.25, -0.2) is 13.4 Å². The van der Waals surface area contributed by atoms with E-state index in [9.17, 15) is 8.42 Å². The Morgan fingerprint density at radius 2 is 1.76 bits per heavy atom. The van der Waals surface area contributed by atoms with Crippen LogP contribution in [0.15, 0.2) is 41.6 Å². The van der Waals surface area contributed by atoms with Gasteiger partial charge in [0.15, 0.2) is 9.84 Å². The highest BCUT2D eigenvalue weighted by Crippen LogP contribution is 2.20. The molecule has 114 valence electrons. The number of imidazole rings is 1. The summed E-state index contributed by atoms with van der Waals surface area (Å²) in [6.45, 7) is 4.11. The Balaban J connectivity index is 2.10. The molecule has 2 aromatic rings. The van der Waals surface area contributed by atoms with E-state index in [4.69, 9.17) is 0 Å². The summed E-state index contributed by atoms with van der Waals surface area (Å²) in [6, 6.07) is 7.20. The van der Waals surface area contributed by atoms with E-state index >= 15 is 0 Å². The minimum absolute atomic E-state index is 0.102. The molecule has 1 aromatic carbocycles. The molecule has 2 atom stereocenters. The van der Waals surface area contributed by atoms with Gasteiger partial charge in [-0.05, 0) is 31.5 Å². The van der Waals surface area contributed by atoms with Crippen molar-refractivity contribution in [3.8, 4) is 0 Å². The second-order valence-corrected chi connectivity index (χ2v) is 7.36. The number of benzene rings is 1. The molecule has 0 saturated carbocycles. The minimum Gasteiger partial charge on any atom is -0.337 e. The van der Waals surface area contributed by atoms with Crippen molar-refractivity contribution in [1.29, 1.82) is 0 Å². The van der Waals surface area contributed by atoms with Crippen molar-refractivity contribution in [1.82, 2.24) is 14.9 Å². The molecule has 6 heteroatoms. The predicted octanol–water partition coefficient (Wildman–Crippen LogP) is 2.24. The fraction of sp³-hybridized carbons (Fsp3) is 0.400. The molecule has 0 aliphatic heterocycles. The van der Waals surface area contributed by atoms with Crippen LogP contribution in [0.2, 0.25) is 0 Å². The van der Waals surface area contributed by atoms with Gasteiger partial charge >= 0.3 is 0 Å². The lowest BCUT2D eigenvalue weighted by molar-refractivity contribution is 0.467. The lowest BCUT2D eigenvalue weighted by Crippen LogP contribution is -2.24. The number of hydrogen-bond acceptors (Lipinski definition) is 4. The normalized spacial score (nSPS) is 14.9. The molecule has 5 nitrogen and oxygen atoms in total. The Labute approximate surface area is 125 Å². The van der Waals surface area contributed by atoms with Gasteiger partial charge in [0.2, 0.25) is 0 Å². The summed E-state index contributed by atoms with van der Waals surface area (Å²) in [5.41, 5.74) is 1.04. The first-order valence-electron chi connectivity index (χ1n) is 6.82. The van der Waals surface area contributed by atoms with Gasteiger partial charge in [-0.15, -0.1) is 0 Å². The summed E-state index contributed by atoms with van der Waals surface area (Å²) in [5, 5.41) is 3.46. The number of rotatable bonds is 5. The Morgan fingerprint density at radius 3 is 2.24 bits per heavy atom. The summed E-state index contributed by atoms with van der Waals surface area (Å²) in [7, 11) is -1.18. The first kappa shape index (κ1) is 15.7. The summed E-state index contributed by atoms with van der Waals surface area (Å²) in [5.74, 6) is 0.967. The predicted molar refractivity (Wildman–Crippen MR) is 82.7 cm³/mol. The highest BCUT2D eigenvalue weighted by Gasteiger charge is 2.15. The largest absolute Gasteiger partial charge is 0.337 e. The van der Waals surface area contributed by atoms with E-state index in [2.05, 4.69) is 24.1 Å². The van der Waals surface area contributed by atoms with Crippen molar-refractivity contribution in [2.24, 2.45) is 7.05 Å². The molecule has 0 spiro atoms. The van der Waals surface area contributed by atoms with Crippen molar-refractivity contribution >= 4 is 9.84 Å². The lowest BCUT2D eigenvalue weighted by atomic mass is 10.1. The molecule has 0 aliphatic carbocycles. The third-order valence-corrected chi connectivity index (χ3v) is 4.68. The molecule has 2 rings (SSSR count). The molecule has 0 radical (unpaired) electrons. The molecule has 2 unspecified atom stereocenters. The van der Waals surface area contributed by atoms with Gasteiger partial charge in [0, 0.05) is 31.7 Å². The van der Waals surface area contributed by atoms with Crippen LogP contribution in [-0.4, -0.2) is 24.2 Å². The molecule has 1 heterocycles. The molecular formula is C15H21N3O2S. The number of aromatic nitrogens is 2. The molecule has 0 bridgehead atoms. The van der Waals surface area contributed by atoms with Gasteiger partial charge in [0.1, 0.15) is 5.82 Å². The first-order valence-corrected chi connectivity index (χ1v) is 8.71. The maximum Gasteiger partial charge on any atom is 0.175 e. The number of sulfone groups is 1. The molecule has 1 aromatic heterocycles. The van der Waals surface area contributed by atoms with E-state index in [1.54, 1.807) is 18.3 Å². The van der Waals surface area contributed by atoms with Crippen LogP contribution in [0.3, 0.4) is 0 Å². The maximum atomic E-state index is 11.5. The zero-order chi connectivity index (χ0) is 15.6. The van der Waals surface area contributed by atoms with E-state index in [0.29, 0.717) is 4.90 Å². The molecule has 0 fully saturated rings. The molecule has 0 aliphatic rings. The highest BCUT2D eigenvalue weighted by molar-refractivity contribution is 7.90. The third kappa shape index (κ3) is 3.71.